The number of aryl methyl sites for hydroxylation is 2. The molecule has 1 aliphatic heterocycles. The van der Waals surface area contributed by atoms with E-state index in [1.165, 1.54) is 39.0 Å². The van der Waals surface area contributed by atoms with E-state index in [0.717, 1.165) is 68.3 Å². The molecule has 42 heavy (non-hydrogen) atoms. The number of imidazole rings is 1. The van der Waals surface area contributed by atoms with Crippen molar-refractivity contribution in [1.82, 2.24) is 33.9 Å². The number of nitrogens with one attached hydrogen (secondary N) is 1. The molecule has 0 atom stereocenters. The van der Waals surface area contributed by atoms with Crippen LogP contribution < -0.4 is 11.1 Å². The first-order valence-corrected chi connectivity index (χ1v) is 15.3. The Morgan fingerprint density at radius 3 is 2.38 bits per heavy atom. The summed E-state index contributed by atoms with van der Waals surface area (Å²) in [6.45, 7) is 6.70. The minimum Gasteiger partial charge on any atom is -0.383 e. The van der Waals surface area contributed by atoms with E-state index in [4.69, 9.17) is 27.3 Å². The molecule has 2 fully saturated rings. The molecule has 1 aliphatic carbocycles. The fourth-order valence-electron chi connectivity index (χ4n) is 6.79. The number of nitrogens with zero attached hydrogens (tertiary/aromatic N) is 7. The Bertz CT molecular complexity index is 1740. The fraction of sp³-hybridized carbons (Fsp3) is 0.406. The van der Waals surface area contributed by atoms with Crippen LogP contribution in [0.25, 0.3) is 33.2 Å². The standard InChI is InChI=1S/C32H38ClN9/c1-20-16-27-28(17-26(20)33)40(3)32(38-27)37-22-6-4-21(5-7-22)25-18-42(31-29(25)30(34)35-19-36-31)24-10-8-23(9-11-24)41-14-12-39(2)13-15-41/h4-7,16-19,23-24H,8-15H2,1-3H3,(H,37,38)(H2,34,35,36)/t23-,24-. The summed E-state index contributed by atoms with van der Waals surface area (Å²) in [7, 11) is 4.22. The number of piperazine rings is 1. The maximum atomic E-state index is 6.47. The zero-order valence-corrected chi connectivity index (χ0v) is 25.3. The van der Waals surface area contributed by atoms with Crippen molar-refractivity contribution >= 4 is 51.1 Å². The molecule has 1 saturated carbocycles. The lowest BCUT2D eigenvalue weighted by Gasteiger charge is -2.41. The number of fused-ring (bicyclic) bond motifs is 2. The monoisotopic (exact) mass is 583 g/mol. The molecular weight excluding hydrogens is 546 g/mol. The summed E-state index contributed by atoms with van der Waals surface area (Å²) in [6.07, 6.45) is 8.57. The average Bonchev–Trinajstić information content (AvgIpc) is 3.53. The zero-order valence-electron chi connectivity index (χ0n) is 24.5. The van der Waals surface area contributed by atoms with Crippen LogP contribution in [-0.2, 0) is 7.05 Å². The normalized spacial score (nSPS) is 20.5. The van der Waals surface area contributed by atoms with Crippen molar-refractivity contribution in [1.29, 1.82) is 0 Å². The van der Waals surface area contributed by atoms with Crippen LogP contribution in [0.1, 0.15) is 37.3 Å². The maximum Gasteiger partial charge on any atom is 0.208 e. The van der Waals surface area contributed by atoms with Crippen LogP contribution in [-0.4, -0.2) is 73.2 Å². The smallest absolute Gasteiger partial charge is 0.208 e. The van der Waals surface area contributed by atoms with Gasteiger partial charge in [-0.05, 0) is 75.0 Å². The Kier molecular flexibility index (Phi) is 7.04. The highest BCUT2D eigenvalue weighted by molar-refractivity contribution is 6.32. The van der Waals surface area contributed by atoms with Gasteiger partial charge in [0.2, 0.25) is 5.95 Å². The first kappa shape index (κ1) is 27.2. The van der Waals surface area contributed by atoms with Crippen LogP contribution in [0.15, 0.2) is 48.9 Å². The summed E-state index contributed by atoms with van der Waals surface area (Å²) >= 11 is 6.37. The fourth-order valence-corrected chi connectivity index (χ4v) is 6.94. The van der Waals surface area contributed by atoms with Gasteiger partial charge in [-0.15, -0.1) is 0 Å². The van der Waals surface area contributed by atoms with Gasteiger partial charge in [-0.25, -0.2) is 15.0 Å². The molecule has 0 radical (unpaired) electrons. The van der Waals surface area contributed by atoms with Gasteiger partial charge in [0.05, 0.1) is 16.4 Å². The van der Waals surface area contributed by atoms with Crippen molar-refractivity contribution in [2.24, 2.45) is 7.05 Å². The van der Waals surface area contributed by atoms with Gasteiger partial charge in [-0.3, -0.25) is 4.90 Å². The first-order chi connectivity index (χ1) is 20.4. The third-order valence-electron chi connectivity index (χ3n) is 9.37. The number of hydrogen-bond donors (Lipinski definition) is 2. The van der Waals surface area contributed by atoms with Crippen molar-refractivity contribution in [3.05, 3.63) is 59.5 Å². The minimum atomic E-state index is 0.412. The summed E-state index contributed by atoms with van der Waals surface area (Å²) in [5.41, 5.74) is 13.4. The summed E-state index contributed by atoms with van der Waals surface area (Å²) in [5.74, 6) is 1.29. The Hall–Kier alpha value is -3.66. The highest BCUT2D eigenvalue weighted by Crippen LogP contribution is 2.39. The van der Waals surface area contributed by atoms with E-state index >= 15 is 0 Å². The third kappa shape index (κ3) is 4.89. The maximum absolute atomic E-state index is 6.47. The molecule has 0 bridgehead atoms. The number of benzene rings is 2. The Morgan fingerprint density at radius 1 is 0.929 bits per heavy atom. The largest absolute Gasteiger partial charge is 0.383 e. The number of halogens is 1. The SMILES string of the molecule is Cc1cc2nc(Nc3ccc(-c4cn([C@H]5CC[C@H](N6CCN(C)CC6)CC5)c5ncnc(N)c45)cc3)n(C)c2cc1Cl. The molecule has 10 heteroatoms. The molecule has 3 aromatic heterocycles. The number of likely N-dealkylation sites (N-methyl/N-ethyl adjacent to an activating group) is 1. The number of nitrogens with two attached hydrogens (primary N) is 1. The lowest BCUT2D eigenvalue weighted by Crippen LogP contribution is -2.49. The van der Waals surface area contributed by atoms with Crippen LogP contribution in [0.5, 0.6) is 0 Å². The molecule has 0 amide bonds. The van der Waals surface area contributed by atoms with Crippen molar-refractivity contribution in [3.8, 4) is 11.1 Å². The zero-order chi connectivity index (χ0) is 29.0. The molecule has 218 valence electrons. The number of anilines is 3. The molecule has 0 spiro atoms. The first-order valence-electron chi connectivity index (χ1n) is 14.9. The van der Waals surface area contributed by atoms with E-state index < -0.39 is 0 Å². The summed E-state index contributed by atoms with van der Waals surface area (Å²) in [4.78, 5) is 19.0. The molecule has 7 rings (SSSR count). The molecule has 5 aromatic rings. The van der Waals surface area contributed by atoms with Crippen molar-refractivity contribution in [2.45, 2.75) is 44.7 Å². The number of nitrogen functional groups attached to an aromatic ring is 1. The van der Waals surface area contributed by atoms with Gasteiger partial charge in [0, 0.05) is 67.8 Å². The van der Waals surface area contributed by atoms with Crippen molar-refractivity contribution in [2.75, 3.05) is 44.3 Å². The molecular formula is C32H38ClN9. The molecule has 2 aliphatic rings. The van der Waals surface area contributed by atoms with Crippen LogP contribution in [0, 0.1) is 6.92 Å². The van der Waals surface area contributed by atoms with E-state index in [0.29, 0.717) is 17.9 Å². The predicted octanol–water partition coefficient (Wildman–Crippen LogP) is 6.00. The Morgan fingerprint density at radius 2 is 1.64 bits per heavy atom. The second kappa shape index (κ2) is 10.9. The number of rotatable bonds is 5. The second-order valence-corrected chi connectivity index (χ2v) is 12.4. The third-order valence-corrected chi connectivity index (χ3v) is 9.77. The summed E-state index contributed by atoms with van der Waals surface area (Å²) in [6, 6.07) is 13.5. The van der Waals surface area contributed by atoms with Gasteiger partial charge in [0.25, 0.3) is 0 Å². The molecule has 4 heterocycles. The van der Waals surface area contributed by atoms with E-state index in [1.54, 1.807) is 6.33 Å². The van der Waals surface area contributed by atoms with E-state index in [9.17, 15) is 0 Å². The van der Waals surface area contributed by atoms with Crippen molar-refractivity contribution < 1.29 is 0 Å². The van der Waals surface area contributed by atoms with Gasteiger partial charge in [-0.1, -0.05) is 23.7 Å². The average molecular weight is 584 g/mol. The number of hydrogen-bond acceptors (Lipinski definition) is 7. The lowest BCUT2D eigenvalue weighted by molar-refractivity contribution is 0.0828. The summed E-state index contributed by atoms with van der Waals surface area (Å²) < 4.78 is 4.39. The lowest BCUT2D eigenvalue weighted by atomic mass is 9.89. The van der Waals surface area contributed by atoms with Crippen LogP contribution >= 0.6 is 11.6 Å². The highest BCUT2D eigenvalue weighted by atomic mass is 35.5. The molecule has 2 aromatic carbocycles. The highest BCUT2D eigenvalue weighted by Gasteiger charge is 2.30. The molecule has 0 unspecified atom stereocenters. The van der Waals surface area contributed by atoms with Crippen molar-refractivity contribution in [3.63, 3.8) is 0 Å². The van der Waals surface area contributed by atoms with E-state index in [-0.39, 0.29) is 0 Å². The van der Waals surface area contributed by atoms with E-state index in [1.807, 2.05) is 30.7 Å². The Balaban J connectivity index is 1.13. The van der Waals surface area contributed by atoms with Crippen LogP contribution in [0.3, 0.4) is 0 Å². The molecule has 1 saturated heterocycles. The number of aromatic nitrogens is 5. The predicted molar refractivity (Wildman–Crippen MR) is 171 cm³/mol. The van der Waals surface area contributed by atoms with Gasteiger partial charge >= 0.3 is 0 Å². The van der Waals surface area contributed by atoms with Crippen LogP contribution in [0.4, 0.5) is 17.5 Å². The van der Waals surface area contributed by atoms with E-state index in [2.05, 4.69) is 62.2 Å². The molecule has 3 N–H and O–H groups in total. The minimum absolute atomic E-state index is 0.412. The van der Waals surface area contributed by atoms with Gasteiger partial charge in [-0.2, -0.15) is 0 Å². The summed E-state index contributed by atoms with van der Waals surface area (Å²) in [5, 5.41) is 5.14. The second-order valence-electron chi connectivity index (χ2n) is 12.0. The quantitative estimate of drug-likeness (QED) is 0.262. The topological polar surface area (TPSA) is 93.1 Å². The van der Waals surface area contributed by atoms with Gasteiger partial charge in [0.1, 0.15) is 17.8 Å². The Labute approximate surface area is 251 Å². The molecule has 9 nitrogen and oxygen atoms in total. The van der Waals surface area contributed by atoms with Gasteiger partial charge < -0.3 is 25.1 Å². The van der Waals surface area contributed by atoms with Crippen LogP contribution in [0.2, 0.25) is 5.02 Å². The van der Waals surface area contributed by atoms with Gasteiger partial charge in [0.15, 0.2) is 0 Å².